The van der Waals surface area contributed by atoms with Crippen LogP contribution in [0.15, 0.2) is 84.6 Å². The molecule has 1 N–H and O–H groups in total. The number of amides is 1. The number of para-hydroxylation sites is 1. The van der Waals surface area contributed by atoms with Crippen LogP contribution in [0, 0.1) is 6.92 Å². The third-order valence-electron chi connectivity index (χ3n) is 6.02. The topological polar surface area (TPSA) is 47.6 Å². The van der Waals surface area contributed by atoms with Gasteiger partial charge in [0, 0.05) is 12.0 Å². The number of rotatable bonds is 8. The van der Waals surface area contributed by atoms with Gasteiger partial charge in [-0.05, 0) is 55.7 Å². The Morgan fingerprint density at radius 1 is 0.909 bits per heavy atom. The SMILES string of the molecule is CCCCOc1ccc([C@]2(C)CC(c3ccc(C)cc3)=C(Oc3ccccc3)C(=O)N2)cc1. The van der Waals surface area contributed by atoms with Crippen molar-refractivity contribution in [2.75, 3.05) is 6.61 Å². The molecule has 0 spiro atoms. The maximum absolute atomic E-state index is 13.4. The summed E-state index contributed by atoms with van der Waals surface area (Å²) in [5, 5.41) is 3.20. The van der Waals surface area contributed by atoms with Crippen molar-refractivity contribution in [1.82, 2.24) is 5.32 Å². The van der Waals surface area contributed by atoms with Gasteiger partial charge >= 0.3 is 0 Å². The summed E-state index contributed by atoms with van der Waals surface area (Å²) in [6.45, 7) is 6.98. The number of ether oxygens (including phenoxy) is 2. The van der Waals surface area contributed by atoms with Gasteiger partial charge < -0.3 is 14.8 Å². The molecule has 33 heavy (non-hydrogen) atoms. The van der Waals surface area contributed by atoms with Gasteiger partial charge in [0.05, 0.1) is 12.1 Å². The number of hydrogen-bond donors (Lipinski definition) is 1. The minimum atomic E-state index is -0.567. The fourth-order valence-corrected chi connectivity index (χ4v) is 4.05. The van der Waals surface area contributed by atoms with E-state index in [9.17, 15) is 4.79 Å². The van der Waals surface area contributed by atoms with Gasteiger partial charge in [-0.2, -0.15) is 0 Å². The maximum atomic E-state index is 13.4. The van der Waals surface area contributed by atoms with Crippen LogP contribution in [-0.4, -0.2) is 12.5 Å². The third kappa shape index (κ3) is 5.28. The van der Waals surface area contributed by atoms with Gasteiger partial charge in [-0.3, -0.25) is 4.79 Å². The highest BCUT2D eigenvalue weighted by molar-refractivity contribution is 6.02. The molecule has 0 aromatic heterocycles. The quantitative estimate of drug-likeness (QED) is 0.412. The van der Waals surface area contributed by atoms with Crippen LogP contribution in [0.2, 0.25) is 0 Å². The first-order chi connectivity index (χ1) is 16.0. The molecule has 0 saturated carbocycles. The Morgan fingerprint density at radius 2 is 1.61 bits per heavy atom. The lowest BCUT2D eigenvalue weighted by Gasteiger charge is -2.37. The van der Waals surface area contributed by atoms with Crippen molar-refractivity contribution in [1.29, 1.82) is 0 Å². The standard InChI is InChI=1S/C29H31NO3/c1-4-5-19-32-24-17-15-23(16-18-24)29(3)20-26(22-13-11-21(2)12-14-22)27(28(31)30-29)33-25-9-7-6-8-10-25/h6-18H,4-5,19-20H2,1-3H3,(H,30,31)/t29-/m0/s1. The molecule has 4 rings (SSSR count). The fourth-order valence-electron chi connectivity index (χ4n) is 4.05. The van der Waals surface area contributed by atoms with Gasteiger partial charge in [0.25, 0.3) is 5.91 Å². The molecule has 4 nitrogen and oxygen atoms in total. The molecule has 0 fully saturated rings. The third-order valence-corrected chi connectivity index (χ3v) is 6.02. The van der Waals surface area contributed by atoms with E-state index in [2.05, 4.69) is 50.4 Å². The van der Waals surface area contributed by atoms with Crippen LogP contribution in [0.25, 0.3) is 5.57 Å². The number of aryl methyl sites for hydroxylation is 1. The minimum absolute atomic E-state index is 0.216. The summed E-state index contributed by atoms with van der Waals surface area (Å²) >= 11 is 0. The van der Waals surface area contributed by atoms with E-state index in [0.717, 1.165) is 35.3 Å². The predicted octanol–water partition coefficient (Wildman–Crippen LogP) is 6.40. The van der Waals surface area contributed by atoms with Crippen LogP contribution in [0.4, 0.5) is 0 Å². The number of hydrogen-bond acceptors (Lipinski definition) is 3. The minimum Gasteiger partial charge on any atom is -0.494 e. The van der Waals surface area contributed by atoms with Crippen molar-refractivity contribution in [3.8, 4) is 11.5 Å². The van der Waals surface area contributed by atoms with Crippen molar-refractivity contribution in [3.63, 3.8) is 0 Å². The molecule has 1 aliphatic heterocycles. The normalized spacial score (nSPS) is 18.1. The summed E-state index contributed by atoms with van der Waals surface area (Å²) in [5.74, 6) is 1.62. The zero-order valence-electron chi connectivity index (χ0n) is 19.6. The number of carbonyl (C=O) groups excluding carboxylic acids is 1. The number of nitrogens with one attached hydrogen (secondary N) is 1. The molecule has 3 aromatic carbocycles. The van der Waals surface area contributed by atoms with Gasteiger partial charge in [-0.25, -0.2) is 0 Å². The second kappa shape index (κ2) is 9.95. The van der Waals surface area contributed by atoms with E-state index < -0.39 is 5.54 Å². The summed E-state index contributed by atoms with van der Waals surface area (Å²) in [4.78, 5) is 13.4. The van der Waals surface area contributed by atoms with Crippen molar-refractivity contribution in [2.24, 2.45) is 0 Å². The number of carbonyl (C=O) groups is 1. The fraction of sp³-hybridized carbons (Fsp3) is 0.276. The van der Waals surface area contributed by atoms with Crippen LogP contribution >= 0.6 is 0 Å². The van der Waals surface area contributed by atoms with Gasteiger partial charge in [-0.15, -0.1) is 0 Å². The average Bonchev–Trinajstić information content (AvgIpc) is 2.82. The Balaban J connectivity index is 1.68. The molecule has 1 amide bonds. The molecule has 1 aliphatic rings. The van der Waals surface area contributed by atoms with E-state index in [1.54, 1.807) is 0 Å². The first kappa shape index (κ1) is 22.7. The first-order valence-corrected chi connectivity index (χ1v) is 11.6. The van der Waals surface area contributed by atoms with E-state index in [4.69, 9.17) is 9.47 Å². The number of benzene rings is 3. The van der Waals surface area contributed by atoms with Gasteiger partial charge in [0.2, 0.25) is 0 Å². The molecular weight excluding hydrogens is 410 g/mol. The lowest BCUT2D eigenvalue weighted by molar-refractivity contribution is -0.121. The molecular formula is C29H31NO3. The van der Waals surface area contributed by atoms with Crippen molar-refractivity contribution < 1.29 is 14.3 Å². The van der Waals surface area contributed by atoms with E-state index in [1.165, 1.54) is 5.56 Å². The van der Waals surface area contributed by atoms with E-state index in [-0.39, 0.29) is 5.91 Å². The molecule has 170 valence electrons. The van der Waals surface area contributed by atoms with E-state index in [0.29, 0.717) is 24.5 Å². The van der Waals surface area contributed by atoms with Crippen LogP contribution in [0.3, 0.4) is 0 Å². The van der Waals surface area contributed by atoms with Crippen LogP contribution in [0.1, 0.15) is 49.8 Å². The zero-order chi connectivity index (χ0) is 23.3. The van der Waals surface area contributed by atoms with Gasteiger partial charge in [0.1, 0.15) is 11.5 Å². The molecule has 0 saturated heterocycles. The molecule has 1 atom stereocenters. The maximum Gasteiger partial charge on any atom is 0.288 e. The highest BCUT2D eigenvalue weighted by atomic mass is 16.5. The smallest absolute Gasteiger partial charge is 0.288 e. The monoisotopic (exact) mass is 441 g/mol. The zero-order valence-corrected chi connectivity index (χ0v) is 19.6. The van der Waals surface area contributed by atoms with Crippen LogP contribution < -0.4 is 14.8 Å². The Morgan fingerprint density at radius 3 is 2.27 bits per heavy atom. The first-order valence-electron chi connectivity index (χ1n) is 11.6. The Hall–Kier alpha value is -3.53. The molecule has 0 unspecified atom stereocenters. The highest BCUT2D eigenvalue weighted by Gasteiger charge is 2.38. The summed E-state index contributed by atoms with van der Waals surface area (Å²) in [6.07, 6.45) is 2.74. The lowest BCUT2D eigenvalue weighted by Crippen LogP contribution is -2.48. The second-order valence-corrected chi connectivity index (χ2v) is 8.78. The van der Waals surface area contributed by atoms with Crippen LogP contribution in [-0.2, 0) is 10.3 Å². The van der Waals surface area contributed by atoms with Gasteiger partial charge in [0.15, 0.2) is 5.76 Å². The van der Waals surface area contributed by atoms with Gasteiger partial charge in [-0.1, -0.05) is 73.5 Å². The molecule has 1 heterocycles. The average molecular weight is 442 g/mol. The second-order valence-electron chi connectivity index (χ2n) is 8.78. The Labute approximate surface area is 196 Å². The van der Waals surface area contributed by atoms with Crippen LogP contribution in [0.5, 0.6) is 11.5 Å². The van der Waals surface area contributed by atoms with E-state index >= 15 is 0 Å². The molecule has 4 heteroatoms. The van der Waals surface area contributed by atoms with Crippen molar-refractivity contribution in [3.05, 3.63) is 101 Å². The van der Waals surface area contributed by atoms with Crippen molar-refractivity contribution in [2.45, 2.75) is 45.6 Å². The summed E-state index contributed by atoms with van der Waals surface area (Å²) in [7, 11) is 0. The van der Waals surface area contributed by atoms with E-state index in [1.807, 2.05) is 54.6 Å². The van der Waals surface area contributed by atoms with Crippen molar-refractivity contribution >= 4 is 11.5 Å². The Bertz CT molecular complexity index is 1120. The highest BCUT2D eigenvalue weighted by Crippen LogP contribution is 2.39. The molecule has 0 aliphatic carbocycles. The summed E-state index contributed by atoms with van der Waals surface area (Å²) in [5.41, 5.74) is 3.53. The molecule has 3 aromatic rings. The number of unbranched alkanes of at least 4 members (excludes halogenated alkanes) is 1. The largest absolute Gasteiger partial charge is 0.494 e. The Kier molecular flexibility index (Phi) is 6.83. The lowest BCUT2D eigenvalue weighted by atomic mass is 9.80. The summed E-state index contributed by atoms with van der Waals surface area (Å²) < 4.78 is 11.9. The molecule has 0 radical (unpaired) electrons. The summed E-state index contributed by atoms with van der Waals surface area (Å²) in [6, 6.07) is 25.7. The predicted molar refractivity (Wildman–Crippen MR) is 132 cm³/mol. The molecule has 0 bridgehead atoms.